The van der Waals surface area contributed by atoms with E-state index in [0.29, 0.717) is 18.3 Å². The summed E-state index contributed by atoms with van der Waals surface area (Å²) in [5.41, 5.74) is 1.42. The molecule has 3 rings (SSSR count). The molecule has 0 radical (unpaired) electrons. The summed E-state index contributed by atoms with van der Waals surface area (Å²) in [6, 6.07) is 0. The van der Waals surface area contributed by atoms with Gasteiger partial charge in [-0.1, -0.05) is 13.3 Å². The molecule has 22 heavy (non-hydrogen) atoms. The van der Waals surface area contributed by atoms with Crippen LogP contribution in [0.4, 0.5) is 0 Å². The quantitative estimate of drug-likeness (QED) is 0.636. The average Bonchev–Trinajstić information content (AvgIpc) is 3.37. The Kier molecular flexibility index (Phi) is 3.62. The highest BCUT2D eigenvalue weighted by atomic mass is 16.1. The number of rotatable bonds is 5. The van der Waals surface area contributed by atoms with Gasteiger partial charge in [0.05, 0.1) is 0 Å². The van der Waals surface area contributed by atoms with Gasteiger partial charge in [0, 0.05) is 23.3 Å². The maximum absolute atomic E-state index is 12.6. The maximum atomic E-state index is 12.6. The van der Waals surface area contributed by atoms with Crippen molar-refractivity contribution in [3.8, 4) is 0 Å². The lowest BCUT2D eigenvalue weighted by Crippen LogP contribution is -2.48. The van der Waals surface area contributed by atoms with Gasteiger partial charge in [-0.3, -0.25) is 20.2 Å². The SMILES string of the molecule is CCCCn1c(C)c(C)n(C(=N)C2(C3CC3)CC2)c(=N)c1=O. The molecule has 0 aromatic carbocycles. The third kappa shape index (κ3) is 2.18. The number of hydrogen-bond acceptors (Lipinski definition) is 3. The van der Waals surface area contributed by atoms with Crippen molar-refractivity contribution in [3.05, 3.63) is 27.2 Å². The minimum Gasteiger partial charge on any atom is -0.308 e. The zero-order valence-electron chi connectivity index (χ0n) is 13.8. The van der Waals surface area contributed by atoms with E-state index in [9.17, 15) is 4.79 Å². The van der Waals surface area contributed by atoms with E-state index in [0.717, 1.165) is 37.1 Å². The Morgan fingerprint density at radius 3 is 2.41 bits per heavy atom. The standard InChI is InChI=1S/C17H26N4O/c1-4-5-10-20-11(2)12(3)21(14(18)15(20)22)16(19)17(8-9-17)13-6-7-13/h13,18-19H,4-10H2,1-3H3. The van der Waals surface area contributed by atoms with Crippen molar-refractivity contribution in [2.45, 2.75) is 65.8 Å². The van der Waals surface area contributed by atoms with Crippen LogP contribution in [0.15, 0.2) is 4.79 Å². The lowest BCUT2D eigenvalue weighted by Gasteiger charge is -2.23. The van der Waals surface area contributed by atoms with E-state index in [1.165, 1.54) is 12.8 Å². The van der Waals surface area contributed by atoms with Crippen molar-refractivity contribution in [2.24, 2.45) is 11.3 Å². The number of nitrogens with zero attached hydrogens (tertiary/aromatic N) is 2. The summed E-state index contributed by atoms with van der Waals surface area (Å²) in [4.78, 5) is 12.6. The summed E-state index contributed by atoms with van der Waals surface area (Å²) in [7, 11) is 0. The van der Waals surface area contributed by atoms with E-state index >= 15 is 0 Å². The summed E-state index contributed by atoms with van der Waals surface area (Å²) < 4.78 is 3.33. The van der Waals surface area contributed by atoms with Crippen molar-refractivity contribution >= 4 is 5.84 Å². The van der Waals surface area contributed by atoms with Crippen LogP contribution in [-0.2, 0) is 6.54 Å². The Labute approximate surface area is 131 Å². The predicted molar refractivity (Wildman–Crippen MR) is 86.4 cm³/mol. The fourth-order valence-corrected chi connectivity index (χ4v) is 3.60. The molecular formula is C17H26N4O. The number of aromatic nitrogens is 2. The molecule has 1 aromatic heterocycles. The Morgan fingerprint density at radius 1 is 1.27 bits per heavy atom. The zero-order valence-corrected chi connectivity index (χ0v) is 13.8. The van der Waals surface area contributed by atoms with Gasteiger partial charge < -0.3 is 4.57 Å². The molecule has 0 saturated heterocycles. The number of unbranched alkanes of at least 4 members (excludes halogenated alkanes) is 1. The first-order chi connectivity index (χ1) is 10.4. The van der Waals surface area contributed by atoms with Crippen LogP contribution >= 0.6 is 0 Å². The van der Waals surface area contributed by atoms with E-state index in [2.05, 4.69) is 6.92 Å². The third-order valence-corrected chi connectivity index (χ3v) is 5.51. The Hall–Kier alpha value is -1.65. The molecule has 0 amide bonds. The van der Waals surface area contributed by atoms with Crippen molar-refractivity contribution in [2.75, 3.05) is 0 Å². The van der Waals surface area contributed by atoms with Crippen LogP contribution < -0.4 is 11.0 Å². The van der Waals surface area contributed by atoms with Gasteiger partial charge in [-0.25, -0.2) is 0 Å². The van der Waals surface area contributed by atoms with Crippen LogP contribution in [-0.4, -0.2) is 15.0 Å². The van der Waals surface area contributed by atoms with Gasteiger partial charge in [-0.05, 0) is 51.9 Å². The molecule has 2 N–H and O–H groups in total. The predicted octanol–water partition coefficient (Wildman–Crippen LogP) is 2.56. The summed E-state index contributed by atoms with van der Waals surface area (Å²) in [5.74, 6) is 1.09. The highest BCUT2D eigenvalue weighted by molar-refractivity contribution is 5.91. The van der Waals surface area contributed by atoms with Crippen molar-refractivity contribution in [3.63, 3.8) is 0 Å². The molecule has 120 valence electrons. The third-order valence-electron chi connectivity index (χ3n) is 5.51. The summed E-state index contributed by atoms with van der Waals surface area (Å²) >= 11 is 0. The van der Waals surface area contributed by atoms with E-state index < -0.39 is 0 Å². The summed E-state index contributed by atoms with van der Waals surface area (Å²) in [6.07, 6.45) is 6.44. The molecule has 0 spiro atoms. The Bertz CT molecular complexity index is 732. The Balaban J connectivity index is 2.08. The van der Waals surface area contributed by atoms with Crippen LogP contribution in [0.2, 0.25) is 0 Å². The van der Waals surface area contributed by atoms with Gasteiger partial charge in [-0.2, -0.15) is 0 Å². The van der Waals surface area contributed by atoms with Crippen LogP contribution in [0.3, 0.4) is 0 Å². The fraction of sp³-hybridized carbons (Fsp3) is 0.706. The molecule has 1 heterocycles. The van der Waals surface area contributed by atoms with E-state index in [1.807, 2.05) is 13.8 Å². The molecular weight excluding hydrogens is 276 g/mol. The topological polar surface area (TPSA) is 74.6 Å². The number of nitrogens with one attached hydrogen (secondary N) is 2. The van der Waals surface area contributed by atoms with E-state index in [-0.39, 0.29) is 16.5 Å². The first-order valence-electron chi connectivity index (χ1n) is 8.41. The van der Waals surface area contributed by atoms with E-state index in [4.69, 9.17) is 10.8 Å². The van der Waals surface area contributed by atoms with Gasteiger partial charge in [-0.15, -0.1) is 0 Å². The second-order valence-corrected chi connectivity index (χ2v) is 6.94. The van der Waals surface area contributed by atoms with Crippen LogP contribution in [0.25, 0.3) is 0 Å². The summed E-state index contributed by atoms with van der Waals surface area (Å²) in [6.45, 7) is 6.63. The zero-order chi connectivity index (χ0) is 16.1. The minimum atomic E-state index is -0.257. The molecule has 2 saturated carbocycles. The molecule has 2 aliphatic carbocycles. The first-order valence-corrected chi connectivity index (χ1v) is 8.41. The normalized spacial score (nSPS) is 19.2. The van der Waals surface area contributed by atoms with Gasteiger partial charge in [0.2, 0.25) is 0 Å². The molecule has 0 unspecified atom stereocenters. The molecule has 0 atom stereocenters. The largest absolute Gasteiger partial charge is 0.308 e. The van der Waals surface area contributed by atoms with E-state index in [1.54, 1.807) is 9.13 Å². The average molecular weight is 302 g/mol. The monoisotopic (exact) mass is 302 g/mol. The van der Waals surface area contributed by atoms with Crippen LogP contribution in [0.1, 0.15) is 56.8 Å². The van der Waals surface area contributed by atoms with Gasteiger partial charge >= 0.3 is 0 Å². The van der Waals surface area contributed by atoms with Gasteiger partial charge in [0.1, 0.15) is 5.84 Å². The molecule has 5 nitrogen and oxygen atoms in total. The van der Waals surface area contributed by atoms with Gasteiger partial charge in [0.25, 0.3) is 5.56 Å². The lowest BCUT2D eigenvalue weighted by atomic mass is 9.98. The lowest BCUT2D eigenvalue weighted by molar-refractivity contribution is 0.547. The second-order valence-electron chi connectivity index (χ2n) is 6.94. The smallest absolute Gasteiger partial charge is 0.293 e. The Morgan fingerprint density at radius 2 is 1.91 bits per heavy atom. The molecule has 2 fully saturated rings. The molecule has 2 aliphatic rings. The fourth-order valence-electron chi connectivity index (χ4n) is 3.60. The highest BCUT2D eigenvalue weighted by Crippen LogP contribution is 2.61. The van der Waals surface area contributed by atoms with Gasteiger partial charge in [0.15, 0.2) is 5.49 Å². The molecule has 5 heteroatoms. The first kappa shape index (κ1) is 15.3. The summed E-state index contributed by atoms with van der Waals surface area (Å²) in [5, 5.41) is 16.9. The highest BCUT2D eigenvalue weighted by Gasteiger charge is 2.57. The molecule has 1 aromatic rings. The number of hydrogen-bond donors (Lipinski definition) is 2. The van der Waals surface area contributed by atoms with Crippen molar-refractivity contribution in [1.82, 2.24) is 9.13 Å². The molecule has 0 bridgehead atoms. The van der Waals surface area contributed by atoms with Crippen LogP contribution in [0, 0.1) is 36.0 Å². The maximum Gasteiger partial charge on any atom is 0.293 e. The van der Waals surface area contributed by atoms with Crippen molar-refractivity contribution in [1.29, 1.82) is 10.8 Å². The molecule has 0 aliphatic heterocycles. The van der Waals surface area contributed by atoms with Crippen molar-refractivity contribution < 1.29 is 0 Å². The second kappa shape index (κ2) is 5.21. The minimum absolute atomic E-state index is 0.0420. The van der Waals surface area contributed by atoms with Crippen LogP contribution in [0.5, 0.6) is 0 Å².